The van der Waals surface area contributed by atoms with Crippen LogP contribution in [0.2, 0.25) is 0 Å². The fraction of sp³-hybridized carbons (Fsp3) is 0.303. The van der Waals surface area contributed by atoms with Gasteiger partial charge in [-0.2, -0.15) is 0 Å². The second kappa shape index (κ2) is 12.2. The van der Waals surface area contributed by atoms with E-state index in [-0.39, 0.29) is 31.6 Å². The van der Waals surface area contributed by atoms with Crippen LogP contribution in [0.4, 0.5) is 5.69 Å². The summed E-state index contributed by atoms with van der Waals surface area (Å²) in [6.45, 7) is 0.409. The molecular weight excluding hydrogens is 550 g/mol. The van der Waals surface area contributed by atoms with Crippen molar-refractivity contribution in [2.75, 3.05) is 19.2 Å². The Kier molecular flexibility index (Phi) is 8.10. The molecule has 4 aromatic rings. The van der Waals surface area contributed by atoms with E-state index < -0.39 is 5.54 Å². The Balaban J connectivity index is 1.32. The number of hydrogen-bond acceptors (Lipinski definition) is 7. The monoisotopic (exact) mass is 583 g/mol. The van der Waals surface area contributed by atoms with Crippen molar-refractivity contribution >= 4 is 28.8 Å². The molecule has 0 spiro atoms. The number of benzene rings is 3. The Labute approximate surface area is 249 Å². The number of nitrogens with zero attached hydrogens (tertiary/aromatic N) is 2. The molecule has 216 valence electrons. The molecule has 2 amide bonds. The number of amides is 2. The quantitative estimate of drug-likeness (QED) is 0.243. The fourth-order valence-corrected chi connectivity index (χ4v) is 6.53. The first kappa shape index (κ1) is 27.8. The maximum Gasteiger partial charge on any atom is 0.250 e. The van der Waals surface area contributed by atoms with Crippen molar-refractivity contribution < 1.29 is 23.8 Å². The lowest BCUT2D eigenvalue weighted by molar-refractivity contribution is -0.148. The summed E-state index contributed by atoms with van der Waals surface area (Å²) < 4.78 is 16.2. The predicted molar refractivity (Wildman–Crippen MR) is 162 cm³/mol. The lowest BCUT2D eigenvalue weighted by Gasteiger charge is -2.45. The number of rotatable bonds is 9. The number of nitrogens with one attached hydrogen (secondary N) is 1. The van der Waals surface area contributed by atoms with Crippen molar-refractivity contribution in [3.05, 3.63) is 88.7 Å². The first-order valence-electron chi connectivity index (χ1n) is 14.2. The van der Waals surface area contributed by atoms with Crippen molar-refractivity contribution in [2.45, 2.75) is 50.6 Å². The zero-order valence-electron chi connectivity index (χ0n) is 23.5. The molecule has 2 aliphatic rings. The van der Waals surface area contributed by atoms with E-state index in [1.54, 1.807) is 30.2 Å². The summed E-state index contributed by atoms with van der Waals surface area (Å²) in [6.07, 6.45) is 4.12. The Morgan fingerprint density at radius 2 is 1.74 bits per heavy atom. The standard InChI is InChI=1S/C33H33N3O5S/c1-39-26-13-10-24(11-14-26)27-21-42-30(35-27)20-36(31(37)18-23-8-4-2-5-9-23)33(16-6-3-7-17-33)32(38)34-25-12-15-28-29(19-25)41-22-40-28/h2,4-5,8-15,19,21H,3,6-7,16-18,20,22H2,1H3,(H,34,38). The van der Waals surface area contributed by atoms with Gasteiger partial charge in [-0.3, -0.25) is 9.59 Å². The summed E-state index contributed by atoms with van der Waals surface area (Å²) in [5.74, 6) is 1.74. The first-order chi connectivity index (χ1) is 20.5. The molecule has 0 bridgehead atoms. The average Bonchev–Trinajstić information content (AvgIpc) is 3.70. The normalized spacial score (nSPS) is 15.2. The highest BCUT2D eigenvalue weighted by Crippen LogP contribution is 2.39. The maximum atomic E-state index is 14.3. The van der Waals surface area contributed by atoms with E-state index in [4.69, 9.17) is 19.2 Å². The predicted octanol–water partition coefficient (Wildman–Crippen LogP) is 6.46. The minimum atomic E-state index is -1.01. The Bertz CT molecular complexity index is 1550. The molecule has 0 radical (unpaired) electrons. The number of thiazole rings is 1. The number of carbonyl (C=O) groups is 2. The van der Waals surface area contributed by atoms with Crippen LogP contribution in [0.3, 0.4) is 0 Å². The Hall–Kier alpha value is -4.37. The number of anilines is 1. The van der Waals surface area contributed by atoms with Crippen molar-refractivity contribution in [2.24, 2.45) is 0 Å². The number of hydrogen-bond donors (Lipinski definition) is 1. The molecule has 9 heteroatoms. The molecule has 1 aliphatic heterocycles. The number of ether oxygens (including phenoxy) is 3. The summed E-state index contributed by atoms with van der Waals surface area (Å²) in [7, 11) is 1.64. The lowest BCUT2D eigenvalue weighted by Crippen LogP contribution is -2.60. The van der Waals surface area contributed by atoms with Crippen LogP contribution in [-0.2, 0) is 22.6 Å². The van der Waals surface area contributed by atoms with Crippen LogP contribution in [0, 0.1) is 0 Å². The molecule has 8 nitrogen and oxygen atoms in total. The van der Waals surface area contributed by atoms with Gasteiger partial charge in [0.25, 0.3) is 0 Å². The summed E-state index contributed by atoms with van der Waals surface area (Å²) in [6, 6.07) is 22.8. The second-order valence-electron chi connectivity index (χ2n) is 10.6. The van der Waals surface area contributed by atoms with Gasteiger partial charge in [-0.1, -0.05) is 49.6 Å². The van der Waals surface area contributed by atoms with Crippen molar-refractivity contribution in [3.8, 4) is 28.5 Å². The van der Waals surface area contributed by atoms with Gasteiger partial charge in [0, 0.05) is 22.7 Å². The minimum absolute atomic E-state index is 0.0925. The van der Waals surface area contributed by atoms with Gasteiger partial charge in [0.2, 0.25) is 18.6 Å². The molecule has 1 saturated carbocycles. The molecule has 1 aromatic heterocycles. The number of methoxy groups -OCH3 is 1. The average molecular weight is 584 g/mol. The van der Waals surface area contributed by atoms with Crippen LogP contribution in [0.1, 0.15) is 42.7 Å². The lowest BCUT2D eigenvalue weighted by atomic mass is 9.78. The third-order valence-corrected chi connectivity index (χ3v) is 8.81. The molecule has 3 aromatic carbocycles. The van der Waals surface area contributed by atoms with Crippen LogP contribution in [-0.4, -0.2) is 41.1 Å². The molecule has 1 aliphatic carbocycles. The van der Waals surface area contributed by atoms with Gasteiger partial charge in [0.05, 0.1) is 25.8 Å². The summed E-state index contributed by atoms with van der Waals surface area (Å²) in [5.41, 5.74) is 2.31. The van der Waals surface area contributed by atoms with Crippen LogP contribution in [0.15, 0.2) is 78.2 Å². The smallest absolute Gasteiger partial charge is 0.250 e. The van der Waals surface area contributed by atoms with Gasteiger partial charge in [0.1, 0.15) is 16.3 Å². The van der Waals surface area contributed by atoms with E-state index in [1.165, 1.54) is 11.3 Å². The maximum absolute atomic E-state index is 14.3. The van der Waals surface area contributed by atoms with Gasteiger partial charge in [-0.05, 0) is 54.8 Å². The van der Waals surface area contributed by atoms with E-state index in [2.05, 4.69) is 5.32 Å². The zero-order valence-corrected chi connectivity index (χ0v) is 24.3. The second-order valence-corrected chi connectivity index (χ2v) is 11.6. The van der Waals surface area contributed by atoms with E-state index >= 15 is 0 Å². The van der Waals surface area contributed by atoms with Gasteiger partial charge in [0.15, 0.2) is 11.5 Å². The van der Waals surface area contributed by atoms with Crippen LogP contribution in [0.25, 0.3) is 11.3 Å². The first-order valence-corrected chi connectivity index (χ1v) is 15.1. The zero-order chi connectivity index (χ0) is 28.9. The van der Waals surface area contributed by atoms with E-state index in [0.29, 0.717) is 30.0 Å². The summed E-state index contributed by atoms with van der Waals surface area (Å²) in [5, 5.41) is 5.89. The molecule has 1 fully saturated rings. The molecular formula is C33H33N3O5S. The van der Waals surface area contributed by atoms with E-state index in [0.717, 1.165) is 46.8 Å². The Morgan fingerprint density at radius 3 is 2.50 bits per heavy atom. The van der Waals surface area contributed by atoms with Gasteiger partial charge in [-0.15, -0.1) is 11.3 Å². The topological polar surface area (TPSA) is 90.0 Å². The van der Waals surface area contributed by atoms with Crippen LogP contribution in [0.5, 0.6) is 17.2 Å². The summed E-state index contributed by atoms with van der Waals surface area (Å²) >= 11 is 1.50. The van der Waals surface area contributed by atoms with Crippen LogP contribution < -0.4 is 19.5 Å². The third-order valence-electron chi connectivity index (χ3n) is 7.98. The van der Waals surface area contributed by atoms with E-state index in [9.17, 15) is 9.59 Å². The van der Waals surface area contributed by atoms with Crippen LogP contribution >= 0.6 is 11.3 Å². The van der Waals surface area contributed by atoms with E-state index in [1.807, 2.05) is 60.0 Å². The SMILES string of the molecule is COc1ccc(-c2csc(CN(C(=O)Cc3ccccc3)C3(C(=O)Nc4ccc5c(c4)OCO5)CCCCC3)n2)cc1. The minimum Gasteiger partial charge on any atom is -0.497 e. The molecule has 42 heavy (non-hydrogen) atoms. The number of carbonyl (C=O) groups excluding carboxylic acids is 2. The third kappa shape index (κ3) is 5.83. The van der Waals surface area contributed by atoms with Gasteiger partial charge in [-0.25, -0.2) is 4.98 Å². The summed E-state index contributed by atoms with van der Waals surface area (Å²) in [4.78, 5) is 35.1. The molecule has 0 saturated heterocycles. The van der Waals surface area contributed by atoms with Crippen molar-refractivity contribution in [1.29, 1.82) is 0 Å². The van der Waals surface area contributed by atoms with Crippen molar-refractivity contribution in [3.63, 3.8) is 0 Å². The molecule has 0 atom stereocenters. The fourth-order valence-electron chi connectivity index (χ4n) is 5.74. The largest absolute Gasteiger partial charge is 0.497 e. The molecule has 2 heterocycles. The number of aromatic nitrogens is 1. The molecule has 6 rings (SSSR count). The van der Waals surface area contributed by atoms with Crippen molar-refractivity contribution in [1.82, 2.24) is 9.88 Å². The van der Waals surface area contributed by atoms with Gasteiger partial charge < -0.3 is 24.4 Å². The number of fused-ring (bicyclic) bond motifs is 1. The van der Waals surface area contributed by atoms with Gasteiger partial charge >= 0.3 is 0 Å². The Morgan fingerprint density at radius 1 is 0.976 bits per heavy atom. The highest BCUT2D eigenvalue weighted by atomic mass is 32.1. The highest BCUT2D eigenvalue weighted by molar-refractivity contribution is 7.09. The molecule has 0 unspecified atom stereocenters. The molecule has 1 N–H and O–H groups in total. The highest BCUT2D eigenvalue weighted by Gasteiger charge is 2.47.